The molecular weight excluding hydrogens is 273 g/mol. The number of halogens is 1. The molecule has 1 aliphatic rings. The number of alkyl carbamates (subject to hydrolysis) is 1. The van der Waals surface area contributed by atoms with Gasteiger partial charge in [-0.15, -0.1) is 0 Å². The van der Waals surface area contributed by atoms with Crippen LogP contribution < -0.4 is 10.1 Å². The molecule has 5 heteroatoms. The Bertz CT molecular complexity index is 687. The second-order valence-electron chi connectivity index (χ2n) is 4.71. The van der Waals surface area contributed by atoms with Crippen molar-refractivity contribution in [2.75, 3.05) is 7.05 Å². The molecule has 1 N–H and O–H groups in total. The van der Waals surface area contributed by atoms with Crippen LogP contribution in [0.4, 0.5) is 9.18 Å². The molecule has 1 aliphatic heterocycles. The normalized spacial score (nSPS) is 16.0. The highest BCUT2D eigenvalue weighted by atomic mass is 19.1. The number of hydrogen-bond donors (Lipinski definition) is 1. The number of fused-ring (bicyclic) bond motifs is 1. The van der Waals surface area contributed by atoms with Gasteiger partial charge in [-0.2, -0.15) is 0 Å². The summed E-state index contributed by atoms with van der Waals surface area (Å²) in [5, 5.41) is 2.38. The molecule has 108 valence electrons. The van der Waals surface area contributed by atoms with Crippen molar-refractivity contribution < 1.29 is 18.7 Å². The lowest BCUT2D eigenvalue weighted by Crippen LogP contribution is -2.28. The Morgan fingerprint density at radius 2 is 2.14 bits per heavy atom. The summed E-state index contributed by atoms with van der Waals surface area (Å²) in [7, 11) is 1.49. The highest BCUT2D eigenvalue weighted by Crippen LogP contribution is 2.39. The maximum absolute atomic E-state index is 13.4. The zero-order valence-electron chi connectivity index (χ0n) is 11.4. The summed E-state index contributed by atoms with van der Waals surface area (Å²) >= 11 is 0. The molecule has 3 rings (SSSR count). The fraction of sp³-hybridized carbons (Fsp3) is 0.188. The van der Waals surface area contributed by atoms with Gasteiger partial charge in [0.05, 0.1) is 6.42 Å². The Hall–Kier alpha value is -2.56. The molecular formula is C16H14FNO3. The van der Waals surface area contributed by atoms with E-state index in [-0.39, 0.29) is 5.82 Å². The van der Waals surface area contributed by atoms with Crippen LogP contribution in [0.1, 0.15) is 5.56 Å². The number of hydrogen-bond acceptors (Lipinski definition) is 3. The maximum atomic E-state index is 13.4. The second kappa shape index (κ2) is 5.44. The largest absolute Gasteiger partial charge is 0.453 e. The summed E-state index contributed by atoms with van der Waals surface area (Å²) in [5.41, 5.74) is 2.45. The first kappa shape index (κ1) is 13.4. The van der Waals surface area contributed by atoms with Gasteiger partial charge in [0.15, 0.2) is 0 Å². The van der Waals surface area contributed by atoms with Crippen molar-refractivity contribution in [1.82, 2.24) is 5.32 Å². The lowest BCUT2D eigenvalue weighted by atomic mass is 10.0. The average Bonchev–Trinajstić information content (AvgIpc) is 2.89. The number of para-hydroxylation sites is 1. The molecule has 21 heavy (non-hydrogen) atoms. The summed E-state index contributed by atoms with van der Waals surface area (Å²) < 4.78 is 24.2. The SMILES string of the molecule is CNC(=O)OC1Cc2cccc(-c3cccc(F)c3)c2O1. The fourth-order valence-electron chi connectivity index (χ4n) is 2.36. The average molecular weight is 287 g/mol. The molecule has 0 fully saturated rings. The van der Waals surface area contributed by atoms with Crippen LogP contribution >= 0.6 is 0 Å². The van der Waals surface area contributed by atoms with Crippen LogP contribution in [-0.2, 0) is 11.2 Å². The summed E-state index contributed by atoms with van der Waals surface area (Å²) in [4.78, 5) is 11.3. The molecule has 1 atom stereocenters. The van der Waals surface area contributed by atoms with Gasteiger partial charge in [-0.1, -0.05) is 30.3 Å². The Morgan fingerprint density at radius 1 is 1.33 bits per heavy atom. The van der Waals surface area contributed by atoms with Crippen molar-refractivity contribution in [3.8, 4) is 16.9 Å². The Morgan fingerprint density at radius 3 is 2.90 bits per heavy atom. The molecule has 0 spiro atoms. The van der Waals surface area contributed by atoms with E-state index in [4.69, 9.17) is 9.47 Å². The summed E-state index contributed by atoms with van der Waals surface area (Å²) in [6.45, 7) is 0. The van der Waals surface area contributed by atoms with Gasteiger partial charge in [0, 0.05) is 18.2 Å². The van der Waals surface area contributed by atoms with Gasteiger partial charge in [0.1, 0.15) is 11.6 Å². The standard InChI is InChI=1S/C16H14FNO3/c1-18-16(19)21-14-9-11-5-3-7-13(15(11)20-14)10-4-2-6-12(17)8-10/h2-8,14H,9H2,1H3,(H,18,19). The third-order valence-electron chi connectivity index (χ3n) is 3.31. The summed E-state index contributed by atoms with van der Waals surface area (Å²) in [5.74, 6) is 0.332. The van der Waals surface area contributed by atoms with Crippen molar-refractivity contribution in [1.29, 1.82) is 0 Å². The van der Waals surface area contributed by atoms with Gasteiger partial charge in [-0.25, -0.2) is 9.18 Å². The van der Waals surface area contributed by atoms with Crippen LogP contribution in [0, 0.1) is 5.82 Å². The number of ether oxygens (including phenoxy) is 2. The molecule has 0 radical (unpaired) electrons. The predicted molar refractivity (Wildman–Crippen MR) is 75.5 cm³/mol. The number of benzene rings is 2. The smallest absolute Gasteiger partial charge is 0.409 e. The van der Waals surface area contributed by atoms with E-state index in [1.54, 1.807) is 6.07 Å². The van der Waals surface area contributed by atoms with Gasteiger partial charge in [-0.3, -0.25) is 0 Å². The van der Waals surface area contributed by atoms with Crippen LogP contribution in [0.2, 0.25) is 0 Å². The van der Waals surface area contributed by atoms with E-state index in [0.29, 0.717) is 12.2 Å². The Balaban J connectivity index is 1.91. The van der Waals surface area contributed by atoms with Crippen LogP contribution in [0.5, 0.6) is 5.75 Å². The monoisotopic (exact) mass is 287 g/mol. The summed E-state index contributed by atoms with van der Waals surface area (Å²) in [6, 6.07) is 12.0. The van der Waals surface area contributed by atoms with E-state index in [1.165, 1.54) is 19.2 Å². The van der Waals surface area contributed by atoms with Crippen molar-refractivity contribution in [2.45, 2.75) is 12.7 Å². The van der Waals surface area contributed by atoms with E-state index < -0.39 is 12.4 Å². The van der Waals surface area contributed by atoms with Crippen molar-refractivity contribution in [3.63, 3.8) is 0 Å². The Kier molecular flexibility index (Phi) is 3.48. The third kappa shape index (κ3) is 2.67. The highest BCUT2D eigenvalue weighted by Gasteiger charge is 2.28. The minimum absolute atomic E-state index is 0.304. The summed E-state index contributed by atoms with van der Waals surface area (Å²) in [6.07, 6.45) is -0.721. The predicted octanol–water partition coefficient (Wildman–Crippen LogP) is 3.11. The first-order chi connectivity index (χ1) is 10.2. The van der Waals surface area contributed by atoms with Crippen molar-refractivity contribution >= 4 is 6.09 Å². The lowest BCUT2D eigenvalue weighted by Gasteiger charge is -2.13. The first-order valence-corrected chi connectivity index (χ1v) is 6.60. The second-order valence-corrected chi connectivity index (χ2v) is 4.71. The van der Waals surface area contributed by atoms with Crippen LogP contribution in [0.3, 0.4) is 0 Å². The number of carbonyl (C=O) groups excluding carboxylic acids is 1. The molecule has 0 aliphatic carbocycles. The molecule has 0 saturated heterocycles. The number of amides is 1. The Labute approximate surface area is 121 Å². The van der Waals surface area contributed by atoms with Gasteiger partial charge >= 0.3 is 6.09 Å². The van der Waals surface area contributed by atoms with Gasteiger partial charge in [-0.05, 0) is 17.7 Å². The zero-order valence-corrected chi connectivity index (χ0v) is 11.4. The van der Waals surface area contributed by atoms with Gasteiger partial charge in [0.2, 0.25) is 6.29 Å². The van der Waals surface area contributed by atoms with Crippen LogP contribution in [0.15, 0.2) is 42.5 Å². The van der Waals surface area contributed by atoms with E-state index in [1.807, 2.05) is 24.3 Å². The lowest BCUT2D eigenvalue weighted by molar-refractivity contribution is -0.0153. The van der Waals surface area contributed by atoms with Crippen LogP contribution in [-0.4, -0.2) is 19.4 Å². The van der Waals surface area contributed by atoms with Gasteiger partial charge in [0.25, 0.3) is 0 Å². The van der Waals surface area contributed by atoms with E-state index in [9.17, 15) is 9.18 Å². The van der Waals surface area contributed by atoms with E-state index in [2.05, 4.69) is 5.32 Å². The third-order valence-corrected chi connectivity index (χ3v) is 3.31. The van der Waals surface area contributed by atoms with Crippen molar-refractivity contribution in [2.24, 2.45) is 0 Å². The topological polar surface area (TPSA) is 47.6 Å². The number of rotatable bonds is 2. The molecule has 2 aromatic rings. The molecule has 1 unspecified atom stereocenters. The number of nitrogens with one attached hydrogen (secondary N) is 1. The molecule has 0 saturated carbocycles. The first-order valence-electron chi connectivity index (χ1n) is 6.60. The zero-order chi connectivity index (χ0) is 14.8. The van der Waals surface area contributed by atoms with E-state index in [0.717, 1.165) is 16.7 Å². The van der Waals surface area contributed by atoms with E-state index >= 15 is 0 Å². The minimum atomic E-state index is -0.658. The molecule has 0 aromatic heterocycles. The quantitative estimate of drug-likeness (QED) is 0.923. The molecule has 4 nitrogen and oxygen atoms in total. The maximum Gasteiger partial charge on any atom is 0.409 e. The molecule has 1 heterocycles. The van der Waals surface area contributed by atoms with Crippen LogP contribution in [0.25, 0.3) is 11.1 Å². The fourth-order valence-corrected chi connectivity index (χ4v) is 2.36. The van der Waals surface area contributed by atoms with Crippen molar-refractivity contribution in [3.05, 3.63) is 53.8 Å². The molecule has 0 bridgehead atoms. The number of carbonyl (C=O) groups is 1. The molecule has 1 amide bonds. The highest BCUT2D eigenvalue weighted by molar-refractivity contribution is 5.73. The van der Waals surface area contributed by atoms with Gasteiger partial charge < -0.3 is 14.8 Å². The minimum Gasteiger partial charge on any atom is -0.453 e. The molecule has 2 aromatic carbocycles.